The van der Waals surface area contributed by atoms with Gasteiger partial charge in [0.2, 0.25) is 6.41 Å². The largest absolute Gasteiger partial charge is 0.299 e. The van der Waals surface area contributed by atoms with Gasteiger partial charge in [-0.05, 0) is 18.6 Å². The van der Waals surface area contributed by atoms with Gasteiger partial charge in [-0.3, -0.25) is 9.69 Å². The highest BCUT2D eigenvalue weighted by atomic mass is 16.1. The number of carbonyl (C=O) groups excluding carboxylic acids is 1. The van der Waals surface area contributed by atoms with E-state index in [-0.39, 0.29) is 0 Å². The molecular formula is C11H16N2O. The predicted molar refractivity (Wildman–Crippen MR) is 57.2 cm³/mol. The zero-order valence-corrected chi connectivity index (χ0v) is 8.52. The lowest BCUT2D eigenvalue weighted by molar-refractivity contribution is -0.107. The van der Waals surface area contributed by atoms with E-state index in [0.717, 1.165) is 38.0 Å². The van der Waals surface area contributed by atoms with Crippen molar-refractivity contribution < 1.29 is 4.79 Å². The predicted octanol–water partition coefficient (Wildman–Crippen LogP) is 2.23. The zero-order chi connectivity index (χ0) is 10.2. The molecule has 0 radical (unpaired) electrons. The molecule has 0 spiro atoms. The minimum atomic E-state index is 0.735. The fourth-order valence-corrected chi connectivity index (χ4v) is 1.28. The number of hydrogen-bond acceptors (Lipinski definition) is 2. The van der Waals surface area contributed by atoms with Crippen molar-refractivity contribution >= 4 is 12.2 Å². The molecule has 3 heteroatoms. The molecule has 1 aromatic heterocycles. The lowest BCUT2D eigenvalue weighted by Gasteiger charge is -2.15. The van der Waals surface area contributed by atoms with Gasteiger partial charge in [0.1, 0.15) is 5.82 Å². The van der Waals surface area contributed by atoms with Crippen molar-refractivity contribution in [3.05, 3.63) is 24.4 Å². The fraction of sp³-hybridized carbons (Fsp3) is 0.455. The molecular weight excluding hydrogens is 176 g/mol. The summed E-state index contributed by atoms with van der Waals surface area (Å²) in [5.41, 5.74) is 0. The summed E-state index contributed by atoms with van der Waals surface area (Å²) in [7, 11) is 0. The molecule has 1 rings (SSSR count). The smallest absolute Gasteiger partial charge is 0.215 e. The highest BCUT2D eigenvalue weighted by molar-refractivity contribution is 5.72. The first-order valence-corrected chi connectivity index (χ1v) is 5.01. The van der Waals surface area contributed by atoms with Crippen molar-refractivity contribution in [2.75, 3.05) is 11.4 Å². The standard InChI is InChI=1S/C11H16N2O/c1-2-3-6-9-13(10-14)11-7-4-5-8-12-11/h4-5,7-8,10H,2-3,6,9H2,1H3. The summed E-state index contributed by atoms with van der Waals surface area (Å²) >= 11 is 0. The Labute approximate surface area is 84.8 Å². The second kappa shape index (κ2) is 6.13. The minimum absolute atomic E-state index is 0.735. The molecule has 0 saturated carbocycles. The molecule has 0 bridgehead atoms. The maximum atomic E-state index is 10.8. The lowest BCUT2D eigenvalue weighted by Crippen LogP contribution is -2.23. The van der Waals surface area contributed by atoms with Crippen LogP contribution < -0.4 is 4.90 Å². The van der Waals surface area contributed by atoms with Crippen molar-refractivity contribution in [1.82, 2.24) is 4.98 Å². The molecule has 0 aromatic carbocycles. The van der Waals surface area contributed by atoms with E-state index in [9.17, 15) is 4.79 Å². The van der Waals surface area contributed by atoms with Crippen LogP contribution in [0.4, 0.5) is 5.82 Å². The summed E-state index contributed by atoms with van der Waals surface area (Å²) in [6, 6.07) is 5.58. The first kappa shape index (κ1) is 10.7. The Morgan fingerprint density at radius 1 is 1.43 bits per heavy atom. The summed E-state index contributed by atoms with van der Waals surface area (Å²) in [4.78, 5) is 16.6. The summed E-state index contributed by atoms with van der Waals surface area (Å²) in [6.45, 7) is 2.90. The van der Waals surface area contributed by atoms with Gasteiger partial charge in [0.05, 0.1) is 0 Å². The van der Waals surface area contributed by atoms with Crippen LogP contribution in [-0.4, -0.2) is 17.9 Å². The maximum Gasteiger partial charge on any atom is 0.215 e. The van der Waals surface area contributed by atoms with E-state index >= 15 is 0 Å². The SMILES string of the molecule is CCCCCN(C=O)c1ccccn1. The number of rotatable bonds is 6. The highest BCUT2D eigenvalue weighted by Gasteiger charge is 2.03. The Morgan fingerprint density at radius 3 is 2.86 bits per heavy atom. The Morgan fingerprint density at radius 2 is 2.29 bits per heavy atom. The molecule has 1 aromatic rings. The average molecular weight is 192 g/mol. The van der Waals surface area contributed by atoms with Crippen molar-refractivity contribution in [3.8, 4) is 0 Å². The average Bonchev–Trinajstić information content (AvgIpc) is 2.26. The second-order valence-corrected chi connectivity index (χ2v) is 3.19. The quantitative estimate of drug-likeness (QED) is 0.511. The van der Waals surface area contributed by atoms with Crippen LogP contribution >= 0.6 is 0 Å². The molecule has 0 aliphatic heterocycles. The van der Waals surface area contributed by atoms with Crippen LogP contribution in [0.1, 0.15) is 26.2 Å². The normalized spacial score (nSPS) is 9.79. The van der Waals surface area contributed by atoms with Crippen LogP contribution in [0.15, 0.2) is 24.4 Å². The van der Waals surface area contributed by atoms with Gasteiger partial charge in [-0.25, -0.2) is 4.98 Å². The van der Waals surface area contributed by atoms with Crippen molar-refractivity contribution in [2.24, 2.45) is 0 Å². The fourth-order valence-electron chi connectivity index (χ4n) is 1.28. The van der Waals surface area contributed by atoms with Crippen LogP contribution in [0.25, 0.3) is 0 Å². The van der Waals surface area contributed by atoms with Gasteiger partial charge in [0.25, 0.3) is 0 Å². The van der Waals surface area contributed by atoms with E-state index in [0.29, 0.717) is 0 Å². The molecule has 0 N–H and O–H groups in total. The highest BCUT2D eigenvalue weighted by Crippen LogP contribution is 2.08. The molecule has 0 unspecified atom stereocenters. The number of aromatic nitrogens is 1. The molecule has 0 fully saturated rings. The van der Waals surface area contributed by atoms with E-state index in [1.54, 1.807) is 11.1 Å². The van der Waals surface area contributed by atoms with Gasteiger partial charge >= 0.3 is 0 Å². The van der Waals surface area contributed by atoms with Crippen molar-refractivity contribution in [2.45, 2.75) is 26.2 Å². The van der Waals surface area contributed by atoms with Crippen LogP contribution in [0.5, 0.6) is 0 Å². The number of amides is 1. The van der Waals surface area contributed by atoms with Gasteiger partial charge in [-0.1, -0.05) is 25.8 Å². The molecule has 1 heterocycles. The van der Waals surface area contributed by atoms with Crippen LogP contribution in [0, 0.1) is 0 Å². The molecule has 0 atom stereocenters. The third-order valence-corrected chi connectivity index (χ3v) is 2.07. The third-order valence-electron chi connectivity index (χ3n) is 2.07. The number of pyridine rings is 1. The van der Waals surface area contributed by atoms with Gasteiger partial charge in [-0.2, -0.15) is 0 Å². The van der Waals surface area contributed by atoms with Crippen LogP contribution in [-0.2, 0) is 4.79 Å². The van der Waals surface area contributed by atoms with Crippen LogP contribution in [0.3, 0.4) is 0 Å². The second-order valence-electron chi connectivity index (χ2n) is 3.19. The number of hydrogen-bond donors (Lipinski definition) is 0. The Kier molecular flexibility index (Phi) is 4.69. The Balaban J connectivity index is 2.50. The summed E-state index contributed by atoms with van der Waals surface area (Å²) in [6.07, 6.45) is 5.89. The Bertz CT molecular complexity index is 261. The maximum absolute atomic E-state index is 10.8. The number of carbonyl (C=O) groups is 1. The van der Waals surface area contributed by atoms with Crippen molar-refractivity contribution in [3.63, 3.8) is 0 Å². The first-order chi connectivity index (χ1) is 6.88. The van der Waals surface area contributed by atoms with Gasteiger partial charge in [0.15, 0.2) is 0 Å². The van der Waals surface area contributed by atoms with Gasteiger partial charge in [0, 0.05) is 12.7 Å². The van der Waals surface area contributed by atoms with E-state index in [4.69, 9.17) is 0 Å². The molecule has 3 nitrogen and oxygen atoms in total. The number of unbranched alkanes of at least 4 members (excludes halogenated alkanes) is 2. The monoisotopic (exact) mass is 192 g/mol. The molecule has 14 heavy (non-hydrogen) atoms. The molecule has 1 amide bonds. The van der Waals surface area contributed by atoms with Crippen LogP contribution in [0.2, 0.25) is 0 Å². The van der Waals surface area contributed by atoms with Crippen molar-refractivity contribution in [1.29, 1.82) is 0 Å². The first-order valence-electron chi connectivity index (χ1n) is 5.01. The lowest BCUT2D eigenvalue weighted by atomic mass is 10.2. The van der Waals surface area contributed by atoms with E-state index < -0.39 is 0 Å². The van der Waals surface area contributed by atoms with E-state index in [2.05, 4.69) is 11.9 Å². The zero-order valence-electron chi connectivity index (χ0n) is 8.52. The Hall–Kier alpha value is -1.38. The number of nitrogens with zero attached hydrogens (tertiary/aromatic N) is 2. The topological polar surface area (TPSA) is 33.2 Å². The summed E-state index contributed by atoms with van der Waals surface area (Å²) in [5, 5.41) is 0. The summed E-state index contributed by atoms with van der Waals surface area (Å²) < 4.78 is 0. The molecule has 0 aliphatic carbocycles. The number of anilines is 1. The van der Waals surface area contributed by atoms with Gasteiger partial charge < -0.3 is 0 Å². The minimum Gasteiger partial charge on any atom is -0.299 e. The van der Waals surface area contributed by atoms with Gasteiger partial charge in [-0.15, -0.1) is 0 Å². The third kappa shape index (κ3) is 3.17. The molecule has 0 saturated heterocycles. The molecule has 76 valence electrons. The summed E-state index contributed by atoms with van der Waals surface area (Å²) in [5.74, 6) is 0.735. The van der Waals surface area contributed by atoms with E-state index in [1.165, 1.54) is 0 Å². The molecule has 0 aliphatic rings. The van der Waals surface area contributed by atoms with E-state index in [1.807, 2.05) is 18.2 Å².